The fourth-order valence-electron chi connectivity index (χ4n) is 4.19. The van der Waals surface area contributed by atoms with Gasteiger partial charge >= 0.3 is 0 Å². The molecule has 7 heteroatoms. The van der Waals surface area contributed by atoms with Gasteiger partial charge in [-0.3, -0.25) is 14.5 Å². The second-order valence-corrected chi connectivity index (χ2v) is 7.54. The molecule has 2 saturated heterocycles. The van der Waals surface area contributed by atoms with Crippen molar-refractivity contribution in [1.82, 2.24) is 15.1 Å². The Hall–Kier alpha value is -2.28. The maximum Gasteiger partial charge on any atom is 0.234 e. The zero-order valence-electron chi connectivity index (χ0n) is 16.4. The van der Waals surface area contributed by atoms with Crippen LogP contribution in [0.1, 0.15) is 24.8 Å². The second kappa shape index (κ2) is 8.17. The summed E-state index contributed by atoms with van der Waals surface area (Å²) in [4.78, 5) is 28.9. The van der Waals surface area contributed by atoms with Crippen molar-refractivity contribution < 1.29 is 19.1 Å². The second-order valence-electron chi connectivity index (χ2n) is 7.54. The van der Waals surface area contributed by atoms with Gasteiger partial charge in [-0.2, -0.15) is 0 Å². The topological polar surface area (TPSA) is 71.1 Å². The maximum absolute atomic E-state index is 12.6. The molecule has 3 rings (SSSR count). The molecule has 0 saturated carbocycles. The molecule has 7 nitrogen and oxygen atoms in total. The molecule has 1 atom stereocenters. The van der Waals surface area contributed by atoms with Crippen molar-refractivity contribution >= 4 is 11.8 Å². The molecule has 0 bridgehead atoms. The van der Waals surface area contributed by atoms with Crippen LogP contribution in [0.3, 0.4) is 0 Å². The number of carbonyl (C=O) groups excluding carboxylic acids is 2. The first-order chi connectivity index (χ1) is 13.0. The summed E-state index contributed by atoms with van der Waals surface area (Å²) in [6, 6.07) is 5.60. The predicted molar refractivity (Wildman–Crippen MR) is 102 cm³/mol. The summed E-state index contributed by atoms with van der Waals surface area (Å²) in [5, 5.41) is 2.95. The number of amides is 2. The lowest BCUT2D eigenvalue weighted by atomic mass is 9.78. The Bertz CT molecular complexity index is 708. The molecular formula is C20H29N3O4. The summed E-state index contributed by atoms with van der Waals surface area (Å²) < 4.78 is 10.5. The largest absolute Gasteiger partial charge is 0.493 e. The summed E-state index contributed by atoms with van der Waals surface area (Å²) in [6.07, 6.45) is 2.82. The van der Waals surface area contributed by atoms with Crippen LogP contribution >= 0.6 is 0 Å². The lowest BCUT2D eigenvalue weighted by molar-refractivity contribution is -0.144. The Morgan fingerprint density at radius 1 is 1.19 bits per heavy atom. The minimum Gasteiger partial charge on any atom is -0.493 e. The third-order valence-electron chi connectivity index (χ3n) is 5.69. The average molecular weight is 375 g/mol. The number of rotatable bonds is 6. The van der Waals surface area contributed by atoms with Crippen molar-refractivity contribution in [3.05, 3.63) is 23.8 Å². The fraction of sp³-hybridized carbons (Fsp3) is 0.600. The molecule has 1 N–H and O–H groups in total. The number of nitrogens with one attached hydrogen (secondary N) is 1. The van der Waals surface area contributed by atoms with Crippen molar-refractivity contribution in [2.75, 3.05) is 47.4 Å². The van der Waals surface area contributed by atoms with E-state index in [9.17, 15) is 9.59 Å². The standard InChI is InChI=1S/C20H29N3O4/c1-22-9-4-7-20(19(22)25)8-10-23(14-20)13-18(24)21-12-15-5-6-16(26-2)17(11-15)27-3/h5-6,11H,4,7-10,12-14H2,1-3H3,(H,21,24). The van der Waals surface area contributed by atoms with Crippen molar-refractivity contribution in [1.29, 1.82) is 0 Å². The highest BCUT2D eigenvalue weighted by molar-refractivity contribution is 5.84. The average Bonchev–Trinajstić information content (AvgIpc) is 3.07. The number of ether oxygens (including phenoxy) is 2. The lowest BCUT2D eigenvalue weighted by Crippen LogP contribution is -2.48. The van der Waals surface area contributed by atoms with Gasteiger partial charge in [0.2, 0.25) is 11.8 Å². The molecule has 0 aromatic heterocycles. The van der Waals surface area contributed by atoms with Crippen LogP contribution in [-0.4, -0.2) is 69.1 Å². The van der Waals surface area contributed by atoms with E-state index in [1.165, 1.54) is 0 Å². The van der Waals surface area contributed by atoms with E-state index in [2.05, 4.69) is 10.2 Å². The summed E-state index contributed by atoms with van der Waals surface area (Å²) in [5.41, 5.74) is 0.666. The number of hydrogen-bond acceptors (Lipinski definition) is 5. The first-order valence-corrected chi connectivity index (χ1v) is 9.43. The molecular weight excluding hydrogens is 346 g/mol. The molecule has 2 heterocycles. The quantitative estimate of drug-likeness (QED) is 0.811. The first-order valence-electron chi connectivity index (χ1n) is 9.43. The highest BCUT2D eigenvalue weighted by atomic mass is 16.5. The van der Waals surface area contributed by atoms with E-state index in [1.54, 1.807) is 14.2 Å². The van der Waals surface area contributed by atoms with Gasteiger partial charge in [-0.15, -0.1) is 0 Å². The number of piperidine rings is 1. The Labute approximate surface area is 160 Å². The Kier molecular flexibility index (Phi) is 5.89. The summed E-state index contributed by atoms with van der Waals surface area (Å²) in [5.74, 6) is 1.52. The number of hydrogen-bond donors (Lipinski definition) is 1. The zero-order chi connectivity index (χ0) is 19.4. The SMILES string of the molecule is COc1ccc(CNC(=O)CN2CCC3(CCCN(C)C3=O)C2)cc1OC. The van der Waals surface area contributed by atoms with Gasteiger partial charge in [-0.1, -0.05) is 6.07 Å². The summed E-state index contributed by atoms with van der Waals surface area (Å²) in [7, 11) is 5.06. The Morgan fingerprint density at radius 3 is 2.70 bits per heavy atom. The number of likely N-dealkylation sites (tertiary alicyclic amines) is 2. The van der Waals surface area contributed by atoms with E-state index >= 15 is 0 Å². The summed E-state index contributed by atoms with van der Waals surface area (Å²) in [6.45, 7) is 3.07. The third-order valence-corrected chi connectivity index (χ3v) is 5.69. The summed E-state index contributed by atoms with van der Waals surface area (Å²) >= 11 is 0. The van der Waals surface area contributed by atoms with E-state index in [0.29, 0.717) is 31.1 Å². The van der Waals surface area contributed by atoms with Crippen molar-refractivity contribution in [3.8, 4) is 11.5 Å². The van der Waals surface area contributed by atoms with E-state index in [1.807, 2.05) is 30.1 Å². The van der Waals surface area contributed by atoms with Gasteiger partial charge in [0.1, 0.15) is 0 Å². The van der Waals surface area contributed by atoms with Crippen LogP contribution in [0.4, 0.5) is 0 Å². The van der Waals surface area contributed by atoms with Gasteiger partial charge in [0, 0.05) is 26.7 Å². The lowest BCUT2D eigenvalue weighted by Gasteiger charge is -2.37. The molecule has 1 aromatic carbocycles. The normalized spacial score (nSPS) is 22.9. The highest BCUT2D eigenvalue weighted by Gasteiger charge is 2.47. The van der Waals surface area contributed by atoms with Gasteiger partial charge in [0.15, 0.2) is 11.5 Å². The molecule has 1 spiro atoms. The predicted octanol–water partition coefficient (Wildman–Crippen LogP) is 1.26. The van der Waals surface area contributed by atoms with Crippen LogP contribution in [0.2, 0.25) is 0 Å². The van der Waals surface area contributed by atoms with Gasteiger partial charge in [-0.25, -0.2) is 0 Å². The number of carbonyl (C=O) groups is 2. The molecule has 2 amide bonds. The smallest absolute Gasteiger partial charge is 0.234 e. The molecule has 1 unspecified atom stereocenters. The van der Waals surface area contributed by atoms with Crippen molar-refractivity contribution in [3.63, 3.8) is 0 Å². The maximum atomic E-state index is 12.6. The fourth-order valence-corrected chi connectivity index (χ4v) is 4.19. The number of benzene rings is 1. The molecule has 148 valence electrons. The van der Waals surface area contributed by atoms with Gasteiger partial charge in [0.05, 0.1) is 26.2 Å². The third kappa shape index (κ3) is 4.18. The van der Waals surface area contributed by atoms with E-state index in [4.69, 9.17) is 9.47 Å². The van der Waals surface area contributed by atoms with Crippen molar-refractivity contribution in [2.45, 2.75) is 25.8 Å². The number of methoxy groups -OCH3 is 2. The van der Waals surface area contributed by atoms with E-state index in [-0.39, 0.29) is 17.2 Å². The van der Waals surface area contributed by atoms with Gasteiger partial charge in [0.25, 0.3) is 0 Å². The van der Waals surface area contributed by atoms with Gasteiger partial charge in [-0.05, 0) is 43.5 Å². The Balaban J connectivity index is 1.51. The molecule has 2 aliphatic heterocycles. The number of nitrogens with zero attached hydrogens (tertiary/aromatic N) is 2. The van der Waals surface area contributed by atoms with Crippen LogP contribution in [0.5, 0.6) is 11.5 Å². The molecule has 0 aliphatic carbocycles. The molecule has 2 fully saturated rings. The molecule has 27 heavy (non-hydrogen) atoms. The minimum absolute atomic E-state index is 0.0292. The minimum atomic E-state index is -0.281. The first kappa shape index (κ1) is 19.5. The van der Waals surface area contributed by atoms with Crippen LogP contribution in [0.25, 0.3) is 0 Å². The van der Waals surface area contributed by atoms with E-state index < -0.39 is 0 Å². The van der Waals surface area contributed by atoms with Crippen LogP contribution in [0, 0.1) is 5.41 Å². The van der Waals surface area contributed by atoms with E-state index in [0.717, 1.165) is 37.9 Å². The molecule has 1 aromatic rings. The monoisotopic (exact) mass is 375 g/mol. The van der Waals surface area contributed by atoms with Crippen molar-refractivity contribution in [2.24, 2.45) is 5.41 Å². The van der Waals surface area contributed by atoms with Crippen LogP contribution in [0.15, 0.2) is 18.2 Å². The molecule has 0 radical (unpaired) electrons. The van der Waals surface area contributed by atoms with Crippen LogP contribution in [-0.2, 0) is 16.1 Å². The van der Waals surface area contributed by atoms with Crippen LogP contribution < -0.4 is 14.8 Å². The molecule has 2 aliphatic rings. The Morgan fingerprint density at radius 2 is 1.96 bits per heavy atom. The zero-order valence-corrected chi connectivity index (χ0v) is 16.4. The highest BCUT2D eigenvalue weighted by Crippen LogP contribution is 2.39. The van der Waals surface area contributed by atoms with Gasteiger partial charge < -0.3 is 19.7 Å².